The van der Waals surface area contributed by atoms with Crippen molar-refractivity contribution in [3.05, 3.63) is 101 Å². The highest BCUT2D eigenvalue weighted by Crippen LogP contribution is 2.34. The normalized spacial score (nSPS) is 16.9. The predicted molar refractivity (Wildman–Crippen MR) is 115 cm³/mol. The fourth-order valence-electron chi connectivity index (χ4n) is 2.90. The molecule has 0 atom stereocenters. The number of nitrogens with zero attached hydrogens (tertiary/aromatic N) is 3. The van der Waals surface area contributed by atoms with Crippen molar-refractivity contribution >= 4 is 34.6 Å². The fourth-order valence-corrected chi connectivity index (χ4v) is 3.92. The van der Waals surface area contributed by atoms with Crippen LogP contribution in [0.3, 0.4) is 0 Å². The molecule has 0 spiro atoms. The van der Waals surface area contributed by atoms with Crippen molar-refractivity contribution < 1.29 is 4.79 Å². The predicted octanol–water partition coefficient (Wildman–Crippen LogP) is 4.93. The summed E-state index contributed by atoms with van der Waals surface area (Å²) in [5, 5.41) is 0.710. The minimum Gasteiger partial charge on any atom is -0.286 e. The minimum atomic E-state index is -0.0144. The monoisotopic (exact) mass is 385 g/mol. The van der Waals surface area contributed by atoms with Crippen molar-refractivity contribution in [3.8, 4) is 0 Å². The summed E-state index contributed by atoms with van der Waals surface area (Å²) in [6.45, 7) is 0.589. The molecular weight excluding hydrogens is 366 g/mol. The Bertz CT molecular complexity index is 1000. The SMILES string of the molecule is O=C1/C(=C/c2cccnc2)SC(=Nc2ccccc2)N1CCc1ccccc1. The van der Waals surface area contributed by atoms with Crippen LogP contribution in [0.4, 0.5) is 5.69 Å². The zero-order chi connectivity index (χ0) is 19.2. The number of pyridine rings is 1. The van der Waals surface area contributed by atoms with Gasteiger partial charge >= 0.3 is 0 Å². The molecule has 0 radical (unpaired) electrons. The summed E-state index contributed by atoms with van der Waals surface area (Å²) < 4.78 is 0. The maximum absolute atomic E-state index is 13.1. The highest BCUT2D eigenvalue weighted by molar-refractivity contribution is 8.18. The second-order valence-corrected chi connectivity index (χ2v) is 7.33. The third-order valence-corrected chi connectivity index (χ3v) is 5.32. The molecule has 3 aromatic rings. The number of amidine groups is 1. The first kappa shape index (κ1) is 18.2. The number of benzene rings is 2. The highest BCUT2D eigenvalue weighted by Gasteiger charge is 2.33. The molecule has 0 saturated carbocycles. The van der Waals surface area contributed by atoms with Gasteiger partial charge in [0.15, 0.2) is 5.17 Å². The maximum Gasteiger partial charge on any atom is 0.266 e. The lowest BCUT2D eigenvalue weighted by Gasteiger charge is -2.15. The van der Waals surface area contributed by atoms with Gasteiger partial charge in [-0.15, -0.1) is 0 Å². The molecule has 0 aliphatic carbocycles. The average Bonchev–Trinajstić information content (AvgIpc) is 3.03. The van der Waals surface area contributed by atoms with Crippen LogP contribution >= 0.6 is 11.8 Å². The molecule has 0 bridgehead atoms. The number of hydrogen-bond acceptors (Lipinski definition) is 4. The topological polar surface area (TPSA) is 45.6 Å². The van der Waals surface area contributed by atoms with Gasteiger partial charge in [-0.25, -0.2) is 4.99 Å². The van der Waals surface area contributed by atoms with Crippen molar-refractivity contribution in [2.24, 2.45) is 4.99 Å². The Morgan fingerprint density at radius 1 is 0.964 bits per heavy atom. The molecule has 0 N–H and O–H groups in total. The number of para-hydroxylation sites is 1. The van der Waals surface area contributed by atoms with Gasteiger partial charge in [0.1, 0.15) is 0 Å². The van der Waals surface area contributed by atoms with E-state index in [1.807, 2.05) is 66.7 Å². The van der Waals surface area contributed by atoms with Crippen molar-refractivity contribution in [3.63, 3.8) is 0 Å². The van der Waals surface area contributed by atoms with Crippen LogP contribution in [0.5, 0.6) is 0 Å². The molecule has 2 heterocycles. The second kappa shape index (κ2) is 8.67. The zero-order valence-corrected chi connectivity index (χ0v) is 16.0. The molecule has 2 aromatic carbocycles. The molecule has 1 aliphatic rings. The van der Waals surface area contributed by atoms with Gasteiger partial charge in [-0.2, -0.15) is 0 Å². The Morgan fingerprint density at radius 3 is 2.43 bits per heavy atom. The van der Waals surface area contributed by atoms with Gasteiger partial charge in [0.25, 0.3) is 5.91 Å². The molecular formula is C23H19N3OS. The van der Waals surface area contributed by atoms with Crippen LogP contribution in [-0.4, -0.2) is 27.5 Å². The molecule has 5 heteroatoms. The molecule has 1 aliphatic heterocycles. The summed E-state index contributed by atoms with van der Waals surface area (Å²) in [5.74, 6) is -0.0144. The molecule has 0 unspecified atom stereocenters. The van der Waals surface area contributed by atoms with E-state index in [1.54, 1.807) is 17.3 Å². The van der Waals surface area contributed by atoms with Gasteiger partial charge in [-0.1, -0.05) is 54.6 Å². The van der Waals surface area contributed by atoms with Gasteiger partial charge in [0.2, 0.25) is 0 Å². The van der Waals surface area contributed by atoms with Crippen molar-refractivity contribution in [2.75, 3.05) is 6.54 Å². The summed E-state index contributed by atoms with van der Waals surface area (Å²) in [5.41, 5.74) is 2.94. The first-order valence-corrected chi connectivity index (χ1v) is 9.90. The molecule has 1 amide bonds. The lowest BCUT2D eigenvalue weighted by atomic mass is 10.1. The van der Waals surface area contributed by atoms with E-state index in [0.29, 0.717) is 16.6 Å². The van der Waals surface area contributed by atoms with Crippen LogP contribution in [0, 0.1) is 0 Å². The third-order valence-electron chi connectivity index (χ3n) is 4.32. The number of aromatic nitrogens is 1. The molecule has 138 valence electrons. The Morgan fingerprint density at radius 2 is 1.71 bits per heavy atom. The Hall–Kier alpha value is -3.18. The number of carbonyl (C=O) groups is 1. The van der Waals surface area contributed by atoms with Crippen LogP contribution in [0.2, 0.25) is 0 Å². The Labute approximate surface area is 168 Å². The van der Waals surface area contributed by atoms with E-state index >= 15 is 0 Å². The van der Waals surface area contributed by atoms with Gasteiger partial charge in [-0.05, 0) is 53.6 Å². The van der Waals surface area contributed by atoms with Crippen molar-refractivity contribution in [1.29, 1.82) is 0 Å². The number of aliphatic imine (C=N–C) groups is 1. The highest BCUT2D eigenvalue weighted by atomic mass is 32.2. The van der Waals surface area contributed by atoms with Crippen LogP contribution in [0.15, 0.2) is 95.1 Å². The molecule has 1 fully saturated rings. The smallest absolute Gasteiger partial charge is 0.266 e. The lowest BCUT2D eigenvalue weighted by Crippen LogP contribution is -2.31. The summed E-state index contributed by atoms with van der Waals surface area (Å²) in [4.78, 5) is 24.3. The first-order valence-electron chi connectivity index (χ1n) is 9.09. The van der Waals surface area contributed by atoms with Crippen LogP contribution in [0.1, 0.15) is 11.1 Å². The Balaban J connectivity index is 1.62. The number of carbonyl (C=O) groups excluding carboxylic acids is 1. The van der Waals surface area contributed by atoms with Crippen LogP contribution in [-0.2, 0) is 11.2 Å². The maximum atomic E-state index is 13.1. The van der Waals surface area contributed by atoms with E-state index < -0.39 is 0 Å². The van der Waals surface area contributed by atoms with Gasteiger partial charge in [0, 0.05) is 18.9 Å². The standard InChI is InChI=1S/C23H19N3OS/c27-22-21(16-19-10-7-14-24-17-19)28-23(25-20-11-5-2-6-12-20)26(22)15-13-18-8-3-1-4-9-18/h1-12,14,16-17H,13,15H2/b21-16-,25-23?. The van der Waals surface area contributed by atoms with Crippen molar-refractivity contribution in [1.82, 2.24) is 9.88 Å². The summed E-state index contributed by atoms with van der Waals surface area (Å²) in [6, 6.07) is 23.7. The number of thioether (sulfide) groups is 1. The van der Waals surface area contributed by atoms with Gasteiger partial charge in [-0.3, -0.25) is 14.7 Å². The van der Waals surface area contributed by atoms with E-state index in [1.165, 1.54) is 17.3 Å². The first-order chi connectivity index (χ1) is 13.8. The lowest BCUT2D eigenvalue weighted by molar-refractivity contribution is -0.122. The van der Waals surface area contributed by atoms with Gasteiger partial charge < -0.3 is 0 Å². The summed E-state index contributed by atoms with van der Waals surface area (Å²) >= 11 is 1.41. The number of amides is 1. The molecule has 4 nitrogen and oxygen atoms in total. The van der Waals surface area contributed by atoms with E-state index in [4.69, 9.17) is 4.99 Å². The van der Waals surface area contributed by atoms with E-state index in [9.17, 15) is 4.79 Å². The molecule has 4 rings (SSSR count). The zero-order valence-electron chi connectivity index (χ0n) is 15.2. The number of rotatable bonds is 5. The average molecular weight is 385 g/mol. The van der Waals surface area contributed by atoms with Gasteiger partial charge in [0.05, 0.1) is 10.6 Å². The van der Waals surface area contributed by atoms with E-state index in [2.05, 4.69) is 17.1 Å². The van der Waals surface area contributed by atoms with E-state index in [0.717, 1.165) is 17.7 Å². The molecule has 28 heavy (non-hydrogen) atoms. The van der Waals surface area contributed by atoms with Crippen molar-refractivity contribution in [2.45, 2.75) is 6.42 Å². The summed E-state index contributed by atoms with van der Waals surface area (Å²) in [7, 11) is 0. The molecule has 1 aromatic heterocycles. The van der Waals surface area contributed by atoms with Crippen LogP contribution < -0.4 is 0 Å². The quantitative estimate of drug-likeness (QED) is 0.585. The minimum absolute atomic E-state index is 0.0144. The second-order valence-electron chi connectivity index (χ2n) is 6.32. The molecule has 1 saturated heterocycles. The van der Waals surface area contributed by atoms with E-state index in [-0.39, 0.29) is 5.91 Å². The Kier molecular flexibility index (Phi) is 5.64. The fraction of sp³-hybridized carbons (Fsp3) is 0.0870. The number of hydrogen-bond donors (Lipinski definition) is 0. The third kappa shape index (κ3) is 4.38. The van der Waals surface area contributed by atoms with Crippen LogP contribution in [0.25, 0.3) is 6.08 Å². The summed E-state index contributed by atoms with van der Waals surface area (Å²) in [6.07, 6.45) is 6.13. The largest absolute Gasteiger partial charge is 0.286 e.